The van der Waals surface area contributed by atoms with Crippen LogP contribution in [0.3, 0.4) is 0 Å². The Labute approximate surface area is 130 Å². The molecule has 106 valence electrons. The van der Waals surface area contributed by atoms with Crippen LogP contribution in [0.1, 0.15) is 46.5 Å². The van der Waals surface area contributed by atoms with E-state index in [1.165, 1.54) is 25.7 Å². The van der Waals surface area contributed by atoms with Gasteiger partial charge < -0.3 is 5.32 Å². The van der Waals surface area contributed by atoms with Crippen molar-refractivity contribution >= 4 is 33.2 Å². The van der Waals surface area contributed by atoms with Crippen molar-refractivity contribution in [2.45, 2.75) is 52.5 Å². The standard InChI is InChI=1S/C16H23BrClN/c1-16(2,3)12-6-4-5-7-14(12)19-15-9-8-11(18)10-13(15)17/h8-10,12,14,19H,4-7H2,1-3H3. The van der Waals surface area contributed by atoms with Crippen LogP contribution < -0.4 is 5.32 Å². The molecule has 0 bridgehead atoms. The van der Waals surface area contributed by atoms with Gasteiger partial charge in [0, 0.05) is 21.2 Å². The van der Waals surface area contributed by atoms with E-state index in [0.29, 0.717) is 11.5 Å². The van der Waals surface area contributed by atoms with Crippen LogP contribution in [-0.4, -0.2) is 6.04 Å². The lowest BCUT2D eigenvalue weighted by molar-refractivity contribution is 0.163. The maximum absolute atomic E-state index is 6.00. The topological polar surface area (TPSA) is 12.0 Å². The van der Waals surface area contributed by atoms with Gasteiger partial charge in [-0.05, 0) is 58.3 Å². The number of rotatable bonds is 2. The molecule has 1 nitrogen and oxygen atoms in total. The van der Waals surface area contributed by atoms with Crippen molar-refractivity contribution in [3.63, 3.8) is 0 Å². The molecule has 0 amide bonds. The van der Waals surface area contributed by atoms with Crippen LogP contribution >= 0.6 is 27.5 Å². The van der Waals surface area contributed by atoms with Crippen molar-refractivity contribution in [2.24, 2.45) is 11.3 Å². The first-order valence-corrected chi connectivity index (χ1v) is 8.26. The highest BCUT2D eigenvalue weighted by atomic mass is 79.9. The second kappa shape index (κ2) is 6.05. The molecular weight excluding hydrogens is 322 g/mol. The van der Waals surface area contributed by atoms with Gasteiger partial charge in [-0.15, -0.1) is 0 Å². The molecule has 0 spiro atoms. The Bertz CT molecular complexity index is 439. The normalized spacial score (nSPS) is 24.3. The van der Waals surface area contributed by atoms with Crippen molar-refractivity contribution < 1.29 is 0 Å². The van der Waals surface area contributed by atoms with E-state index in [1.54, 1.807) is 0 Å². The van der Waals surface area contributed by atoms with Crippen LogP contribution in [0.25, 0.3) is 0 Å². The average Bonchev–Trinajstić information content (AvgIpc) is 2.32. The van der Waals surface area contributed by atoms with Gasteiger partial charge in [0.15, 0.2) is 0 Å². The zero-order valence-corrected chi connectivity index (χ0v) is 14.3. The molecule has 1 aromatic rings. The molecule has 1 fully saturated rings. The highest BCUT2D eigenvalue weighted by Gasteiger charge is 2.34. The summed E-state index contributed by atoms with van der Waals surface area (Å²) in [7, 11) is 0. The van der Waals surface area contributed by atoms with Crippen LogP contribution in [0.2, 0.25) is 5.02 Å². The molecule has 0 aliphatic heterocycles. The highest BCUT2D eigenvalue weighted by Crippen LogP contribution is 2.40. The summed E-state index contributed by atoms with van der Waals surface area (Å²) in [6, 6.07) is 6.54. The number of benzene rings is 1. The van der Waals surface area contributed by atoms with E-state index in [9.17, 15) is 0 Å². The Balaban J connectivity index is 2.15. The van der Waals surface area contributed by atoms with Crippen LogP contribution in [0, 0.1) is 11.3 Å². The molecule has 1 saturated carbocycles. The second-order valence-corrected chi connectivity index (χ2v) is 7.92. The summed E-state index contributed by atoms with van der Waals surface area (Å²) in [6.45, 7) is 7.07. The van der Waals surface area contributed by atoms with Gasteiger partial charge in [0.1, 0.15) is 0 Å². The first kappa shape index (κ1) is 15.2. The fourth-order valence-electron chi connectivity index (χ4n) is 3.15. The van der Waals surface area contributed by atoms with E-state index in [1.807, 2.05) is 12.1 Å². The Hall–Kier alpha value is -0.210. The minimum absolute atomic E-state index is 0.358. The van der Waals surface area contributed by atoms with Crippen molar-refractivity contribution in [3.05, 3.63) is 27.7 Å². The Morgan fingerprint density at radius 1 is 1.21 bits per heavy atom. The molecule has 1 aliphatic rings. The monoisotopic (exact) mass is 343 g/mol. The van der Waals surface area contributed by atoms with E-state index in [-0.39, 0.29) is 0 Å². The van der Waals surface area contributed by atoms with Gasteiger partial charge in [0.05, 0.1) is 0 Å². The molecule has 0 saturated heterocycles. The lowest BCUT2D eigenvalue weighted by Crippen LogP contribution is -2.39. The third kappa shape index (κ3) is 3.88. The highest BCUT2D eigenvalue weighted by molar-refractivity contribution is 9.10. The van der Waals surface area contributed by atoms with Gasteiger partial charge in [-0.2, -0.15) is 0 Å². The molecule has 2 atom stereocenters. The molecule has 3 heteroatoms. The van der Waals surface area contributed by atoms with E-state index >= 15 is 0 Å². The van der Waals surface area contributed by atoms with Crippen LogP contribution in [0.5, 0.6) is 0 Å². The smallest absolute Gasteiger partial charge is 0.0487 e. The molecule has 1 aliphatic carbocycles. The van der Waals surface area contributed by atoms with E-state index in [0.717, 1.165) is 21.1 Å². The van der Waals surface area contributed by atoms with Gasteiger partial charge in [0.25, 0.3) is 0 Å². The summed E-state index contributed by atoms with van der Waals surface area (Å²) in [5.41, 5.74) is 1.52. The van der Waals surface area contributed by atoms with Crippen LogP contribution in [-0.2, 0) is 0 Å². The lowest BCUT2D eigenvalue weighted by atomic mass is 9.69. The third-order valence-electron chi connectivity index (χ3n) is 4.15. The summed E-state index contributed by atoms with van der Waals surface area (Å²) in [5, 5.41) is 4.50. The molecular formula is C16H23BrClN. The molecule has 1 aromatic carbocycles. The number of hydrogen-bond donors (Lipinski definition) is 1. The quantitative estimate of drug-likeness (QED) is 0.681. The minimum Gasteiger partial charge on any atom is -0.381 e. The predicted molar refractivity (Wildman–Crippen MR) is 88.0 cm³/mol. The maximum Gasteiger partial charge on any atom is 0.0487 e. The van der Waals surface area contributed by atoms with Crippen molar-refractivity contribution in [1.29, 1.82) is 0 Å². The van der Waals surface area contributed by atoms with Gasteiger partial charge >= 0.3 is 0 Å². The van der Waals surface area contributed by atoms with Gasteiger partial charge in [-0.25, -0.2) is 0 Å². The molecule has 0 aromatic heterocycles. The zero-order valence-electron chi connectivity index (χ0n) is 12.0. The summed E-state index contributed by atoms with van der Waals surface area (Å²) in [6.07, 6.45) is 5.28. The molecule has 1 N–H and O–H groups in total. The maximum atomic E-state index is 6.00. The molecule has 19 heavy (non-hydrogen) atoms. The van der Waals surface area contributed by atoms with Crippen molar-refractivity contribution in [1.82, 2.24) is 0 Å². The number of nitrogens with one attached hydrogen (secondary N) is 1. The van der Waals surface area contributed by atoms with E-state index in [2.05, 4.69) is 48.1 Å². The van der Waals surface area contributed by atoms with Crippen molar-refractivity contribution in [2.75, 3.05) is 5.32 Å². The summed E-state index contributed by atoms with van der Waals surface area (Å²) >= 11 is 9.60. The summed E-state index contributed by atoms with van der Waals surface area (Å²) in [5.74, 6) is 0.726. The SMILES string of the molecule is CC(C)(C)C1CCCCC1Nc1ccc(Cl)cc1Br. The van der Waals surface area contributed by atoms with Crippen LogP contribution in [0.15, 0.2) is 22.7 Å². The molecule has 0 radical (unpaired) electrons. The average molecular weight is 345 g/mol. The predicted octanol–water partition coefficient (Wildman–Crippen LogP) is 6.12. The lowest BCUT2D eigenvalue weighted by Gasteiger charge is -2.41. The first-order valence-electron chi connectivity index (χ1n) is 7.09. The third-order valence-corrected chi connectivity index (χ3v) is 5.04. The second-order valence-electron chi connectivity index (χ2n) is 6.63. The molecule has 2 rings (SSSR count). The van der Waals surface area contributed by atoms with Gasteiger partial charge in [0.2, 0.25) is 0 Å². The minimum atomic E-state index is 0.358. The summed E-state index contributed by atoms with van der Waals surface area (Å²) < 4.78 is 1.05. The first-order chi connectivity index (χ1) is 8.88. The largest absolute Gasteiger partial charge is 0.381 e. The summed E-state index contributed by atoms with van der Waals surface area (Å²) in [4.78, 5) is 0. The Morgan fingerprint density at radius 2 is 1.89 bits per heavy atom. The fraction of sp³-hybridized carbons (Fsp3) is 0.625. The Morgan fingerprint density at radius 3 is 2.53 bits per heavy atom. The molecule has 0 heterocycles. The number of anilines is 1. The number of hydrogen-bond acceptors (Lipinski definition) is 1. The van der Waals surface area contributed by atoms with Gasteiger partial charge in [-0.3, -0.25) is 0 Å². The van der Waals surface area contributed by atoms with E-state index < -0.39 is 0 Å². The zero-order chi connectivity index (χ0) is 14.0. The van der Waals surface area contributed by atoms with Crippen LogP contribution in [0.4, 0.5) is 5.69 Å². The molecule has 2 unspecified atom stereocenters. The van der Waals surface area contributed by atoms with Gasteiger partial charge in [-0.1, -0.05) is 45.2 Å². The van der Waals surface area contributed by atoms with Crippen molar-refractivity contribution in [3.8, 4) is 0 Å². The fourth-order valence-corrected chi connectivity index (χ4v) is 3.94. The van der Waals surface area contributed by atoms with E-state index in [4.69, 9.17) is 11.6 Å². The number of halogens is 2. The Kier molecular flexibility index (Phi) is 4.84.